The molecule has 122 valence electrons. The number of ether oxygens (including phenoxy) is 1. The molecule has 0 unspecified atom stereocenters. The molecule has 1 amide bonds. The predicted octanol–water partition coefficient (Wildman–Crippen LogP) is 2.72. The average Bonchev–Trinajstić information content (AvgIpc) is 3.06. The molecule has 0 aliphatic heterocycles. The number of hydrogen-bond donors (Lipinski definition) is 1. The summed E-state index contributed by atoms with van der Waals surface area (Å²) in [6.07, 6.45) is 4.70. The van der Waals surface area contributed by atoms with Gasteiger partial charge >= 0.3 is 0 Å². The third-order valence-corrected chi connectivity index (χ3v) is 3.57. The molecule has 0 radical (unpaired) electrons. The van der Waals surface area contributed by atoms with E-state index >= 15 is 0 Å². The molecule has 0 fully saturated rings. The maximum Gasteiger partial charge on any atom is 0.246 e. The van der Waals surface area contributed by atoms with Gasteiger partial charge in [0.05, 0.1) is 18.1 Å². The van der Waals surface area contributed by atoms with Crippen molar-refractivity contribution in [2.45, 2.75) is 20.4 Å². The highest BCUT2D eigenvalue weighted by Gasteiger charge is 2.07. The Hall–Kier alpha value is -3.22. The molecular formula is C17H17N5O2. The van der Waals surface area contributed by atoms with Crippen LogP contribution in [-0.2, 0) is 11.3 Å². The summed E-state index contributed by atoms with van der Waals surface area (Å²) >= 11 is 0. The number of rotatable bonds is 5. The van der Waals surface area contributed by atoms with Crippen molar-refractivity contribution >= 4 is 11.6 Å². The SMILES string of the molecule is Cc1cccc(Oc2ccc(NC(=O)Cn3ccnn3)cn2)c1C. The van der Waals surface area contributed by atoms with Crippen LogP contribution in [0.3, 0.4) is 0 Å². The summed E-state index contributed by atoms with van der Waals surface area (Å²) in [4.78, 5) is 16.1. The van der Waals surface area contributed by atoms with Gasteiger partial charge in [-0.05, 0) is 37.1 Å². The number of nitrogens with one attached hydrogen (secondary N) is 1. The van der Waals surface area contributed by atoms with Gasteiger partial charge in [-0.2, -0.15) is 0 Å². The van der Waals surface area contributed by atoms with E-state index in [2.05, 4.69) is 20.6 Å². The van der Waals surface area contributed by atoms with Crippen molar-refractivity contribution in [2.24, 2.45) is 0 Å². The lowest BCUT2D eigenvalue weighted by molar-refractivity contribution is -0.116. The Morgan fingerprint density at radius 1 is 1.25 bits per heavy atom. The van der Waals surface area contributed by atoms with Gasteiger partial charge < -0.3 is 10.1 Å². The third-order valence-electron chi connectivity index (χ3n) is 3.57. The molecule has 2 aromatic heterocycles. The maximum atomic E-state index is 11.9. The summed E-state index contributed by atoms with van der Waals surface area (Å²) in [5.74, 6) is 1.04. The van der Waals surface area contributed by atoms with Crippen LogP contribution >= 0.6 is 0 Å². The number of aromatic nitrogens is 4. The molecule has 7 nitrogen and oxygen atoms in total. The van der Waals surface area contributed by atoms with Crippen LogP contribution in [0, 0.1) is 13.8 Å². The maximum absolute atomic E-state index is 11.9. The molecule has 3 rings (SSSR count). The Morgan fingerprint density at radius 2 is 2.12 bits per heavy atom. The van der Waals surface area contributed by atoms with E-state index in [1.165, 1.54) is 10.9 Å². The van der Waals surface area contributed by atoms with Crippen LogP contribution in [0.5, 0.6) is 11.6 Å². The minimum Gasteiger partial charge on any atom is -0.439 e. The van der Waals surface area contributed by atoms with E-state index < -0.39 is 0 Å². The van der Waals surface area contributed by atoms with Crippen molar-refractivity contribution in [3.05, 3.63) is 60.0 Å². The van der Waals surface area contributed by atoms with Crippen LogP contribution in [-0.4, -0.2) is 25.9 Å². The number of aryl methyl sites for hydroxylation is 1. The third kappa shape index (κ3) is 3.75. The fourth-order valence-corrected chi connectivity index (χ4v) is 2.13. The predicted molar refractivity (Wildman–Crippen MR) is 88.9 cm³/mol. The smallest absolute Gasteiger partial charge is 0.246 e. The summed E-state index contributed by atoms with van der Waals surface area (Å²) in [6, 6.07) is 9.33. The summed E-state index contributed by atoms with van der Waals surface area (Å²) in [5.41, 5.74) is 2.82. The standard InChI is InChI=1S/C17H17N5O2/c1-12-4-3-5-15(13(12)2)24-17-7-6-14(10-18-17)20-16(23)11-22-9-8-19-21-22/h3-10H,11H2,1-2H3,(H,20,23). The normalized spacial score (nSPS) is 10.4. The molecule has 0 saturated carbocycles. The lowest BCUT2D eigenvalue weighted by Gasteiger charge is -2.10. The topological polar surface area (TPSA) is 81.9 Å². The van der Waals surface area contributed by atoms with Gasteiger partial charge in [0.2, 0.25) is 11.8 Å². The molecule has 0 aliphatic rings. The molecule has 0 aliphatic carbocycles. The van der Waals surface area contributed by atoms with E-state index in [0.717, 1.165) is 16.9 Å². The van der Waals surface area contributed by atoms with Crippen molar-refractivity contribution in [1.82, 2.24) is 20.0 Å². The first kappa shape index (κ1) is 15.7. The van der Waals surface area contributed by atoms with Crippen molar-refractivity contribution in [2.75, 3.05) is 5.32 Å². The lowest BCUT2D eigenvalue weighted by Crippen LogP contribution is -2.19. The van der Waals surface area contributed by atoms with Crippen LogP contribution in [0.15, 0.2) is 48.9 Å². The molecule has 0 bridgehead atoms. The number of amides is 1. The second kappa shape index (κ2) is 6.91. The molecule has 0 spiro atoms. The van der Waals surface area contributed by atoms with Crippen molar-refractivity contribution in [1.29, 1.82) is 0 Å². The van der Waals surface area contributed by atoms with E-state index in [9.17, 15) is 4.79 Å². The molecule has 2 heterocycles. The Bertz CT molecular complexity index is 829. The van der Waals surface area contributed by atoms with E-state index in [-0.39, 0.29) is 12.5 Å². The van der Waals surface area contributed by atoms with Crippen LogP contribution in [0.1, 0.15) is 11.1 Å². The molecule has 3 aromatic rings. The number of hydrogen-bond acceptors (Lipinski definition) is 5. The highest BCUT2D eigenvalue weighted by Crippen LogP contribution is 2.26. The largest absolute Gasteiger partial charge is 0.439 e. The quantitative estimate of drug-likeness (QED) is 0.780. The van der Waals surface area contributed by atoms with Crippen LogP contribution in [0.25, 0.3) is 0 Å². The first-order chi connectivity index (χ1) is 11.6. The van der Waals surface area contributed by atoms with Gasteiger partial charge in [-0.3, -0.25) is 4.79 Å². The highest BCUT2D eigenvalue weighted by atomic mass is 16.5. The minimum absolute atomic E-state index is 0.0980. The Balaban J connectivity index is 1.63. The van der Waals surface area contributed by atoms with E-state index in [1.54, 1.807) is 24.5 Å². The second-order valence-corrected chi connectivity index (χ2v) is 5.33. The van der Waals surface area contributed by atoms with Crippen LogP contribution in [0.4, 0.5) is 5.69 Å². The van der Waals surface area contributed by atoms with E-state index in [1.807, 2.05) is 32.0 Å². The van der Waals surface area contributed by atoms with E-state index in [4.69, 9.17) is 4.74 Å². The van der Waals surface area contributed by atoms with Gasteiger partial charge in [-0.15, -0.1) is 5.10 Å². The zero-order chi connectivity index (χ0) is 16.9. The Kier molecular flexibility index (Phi) is 4.51. The molecule has 0 atom stereocenters. The zero-order valence-electron chi connectivity index (χ0n) is 13.4. The van der Waals surface area contributed by atoms with Crippen LogP contribution < -0.4 is 10.1 Å². The highest BCUT2D eigenvalue weighted by molar-refractivity contribution is 5.90. The van der Waals surface area contributed by atoms with Gasteiger partial charge in [0.25, 0.3) is 0 Å². The molecule has 1 aromatic carbocycles. The Morgan fingerprint density at radius 3 is 2.83 bits per heavy atom. The van der Waals surface area contributed by atoms with Gasteiger partial charge in [0, 0.05) is 12.3 Å². The van der Waals surface area contributed by atoms with Gasteiger partial charge in [-0.25, -0.2) is 9.67 Å². The lowest BCUT2D eigenvalue weighted by atomic mass is 10.1. The number of nitrogens with zero attached hydrogens (tertiary/aromatic N) is 4. The van der Waals surface area contributed by atoms with Gasteiger partial charge in [0.15, 0.2) is 0 Å². The van der Waals surface area contributed by atoms with E-state index in [0.29, 0.717) is 11.6 Å². The van der Waals surface area contributed by atoms with Crippen molar-refractivity contribution in [3.8, 4) is 11.6 Å². The summed E-state index contributed by atoms with van der Waals surface area (Å²) in [5, 5.41) is 10.1. The second-order valence-electron chi connectivity index (χ2n) is 5.33. The molecule has 0 saturated heterocycles. The number of carbonyl (C=O) groups excluding carboxylic acids is 1. The van der Waals surface area contributed by atoms with Crippen molar-refractivity contribution in [3.63, 3.8) is 0 Å². The summed E-state index contributed by atoms with van der Waals surface area (Å²) in [7, 11) is 0. The first-order valence-corrected chi connectivity index (χ1v) is 7.46. The summed E-state index contributed by atoms with van der Waals surface area (Å²) in [6.45, 7) is 4.13. The summed E-state index contributed by atoms with van der Waals surface area (Å²) < 4.78 is 7.23. The molecule has 24 heavy (non-hydrogen) atoms. The fourth-order valence-electron chi connectivity index (χ4n) is 2.13. The number of carbonyl (C=O) groups is 1. The van der Waals surface area contributed by atoms with Crippen LogP contribution in [0.2, 0.25) is 0 Å². The number of pyridine rings is 1. The minimum atomic E-state index is -0.203. The molecule has 1 N–H and O–H groups in total. The van der Waals surface area contributed by atoms with Gasteiger partial charge in [-0.1, -0.05) is 17.3 Å². The molecular weight excluding hydrogens is 306 g/mol. The van der Waals surface area contributed by atoms with Gasteiger partial charge in [0.1, 0.15) is 12.3 Å². The number of benzene rings is 1. The average molecular weight is 323 g/mol. The van der Waals surface area contributed by atoms with Crippen molar-refractivity contribution < 1.29 is 9.53 Å². The monoisotopic (exact) mass is 323 g/mol. The molecule has 7 heteroatoms. The Labute approximate surface area is 139 Å². The number of anilines is 1. The fraction of sp³-hybridized carbons (Fsp3) is 0.176. The zero-order valence-corrected chi connectivity index (χ0v) is 13.4. The first-order valence-electron chi connectivity index (χ1n) is 7.46.